The van der Waals surface area contributed by atoms with Gasteiger partial charge in [0, 0.05) is 25.8 Å². The monoisotopic (exact) mass is 379 g/mol. The van der Waals surface area contributed by atoms with Crippen LogP contribution in [0.3, 0.4) is 0 Å². The predicted octanol–water partition coefficient (Wildman–Crippen LogP) is 6.94. The molecule has 0 saturated carbocycles. The lowest BCUT2D eigenvalue weighted by molar-refractivity contribution is 0.475. The maximum absolute atomic E-state index is 9.35. The summed E-state index contributed by atoms with van der Waals surface area (Å²) in [5, 5.41) is 26.4. The van der Waals surface area contributed by atoms with E-state index in [0.717, 1.165) is 11.4 Å². The van der Waals surface area contributed by atoms with Gasteiger partial charge in [-0.2, -0.15) is 15.3 Å². The summed E-state index contributed by atoms with van der Waals surface area (Å²) in [6.07, 6.45) is 0. The molecule has 0 radical (unpaired) electrons. The quantitative estimate of drug-likeness (QED) is 0.487. The summed E-state index contributed by atoms with van der Waals surface area (Å²) >= 11 is 6.00. The number of nitrogens with zero attached hydrogens (tertiary/aromatic N) is 5. The second-order valence-corrected chi connectivity index (χ2v) is 6.37. The van der Waals surface area contributed by atoms with Crippen LogP contribution in [0.1, 0.15) is 0 Å². The van der Waals surface area contributed by atoms with Crippen LogP contribution < -0.4 is 4.90 Å². The van der Waals surface area contributed by atoms with Gasteiger partial charge in [0.15, 0.2) is 0 Å². The van der Waals surface area contributed by atoms with Crippen LogP contribution in [0.5, 0.6) is 5.75 Å². The van der Waals surface area contributed by atoms with Crippen molar-refractivity contribution in [3.05, 3.63) is 71.8 Å². The molecule has 0 heterocycles. The lowest BCUT2D eigenvalue weighted by atomic mass is 10.3. The maximum Gasteiger partial charge on any atom is 0.117 e. The third kappa shape index (κ3) is 5.12. The molecule has 0 aliphatic carbocycles. The number of halogens is 1. The van der Waals surface area contributed by atoms with Crippen LogP contribution in [-0.2, 0) is 0 Å². The minimum absolute atomic E-state index is 0.0880. The molecule has 0 atom stereocenters. The second-order valence-electron chi connectivity index (χ2n) is 5.96. The minimum Gasteiger partial charge on any atom is -0.508 e. The van der Waals surface area contributed by atoms with Gasteiger partial charge in [0.05, 0.1) is 22.1 Å². The molecule has 136 valence electrons. The Labute approximate surface area is 162 Å². The lowest BCUT2D eigenvalue weighted by Crippen LogP contribution is -2.07. The van der Waals surface area contributed by atoms with Crippen LogP contribution in [0.2, 0.25) is 5.02 Å². The Bertz CT molecular complexity index is 967. The smallest absolute Gasteiger partial charge is 0.117 e. The van der Waals surface area contributed by atoms with E-state index in [1.807, 2.05) is 55.4 Å². The van der Waals surface area contributed by atoms with Crippen molar-refractivity contribution in [2.45, 2.75) is 0 Å². The number of phenols is 1. The van der Waals surface area contributed by atoms with Crippen molar-refractivity contribution in [1.29, 1.82) is 0 Å². The highest BCUT2D eigenvalue weighted by molar-refractivity contribution is 6.33. The molecule has 0 bridgehead atoms. The van der Waals surface area contributed by atoms with Gasteiger partial charge in [-0.05, 0) is 60.7 Å². The number of hydrogen-bond acceptors (Lipinski definition) is 6. The Morgan fingerprint density at radius 1 is 0.704 bits per heavy atom. The first-order chi connectivity index (χ1) is 13.0. The zero-order valence-electron chi connectivity index (χ0n) is 14.9. The van der Waals surface area contributed by atoms with Crippen molar-refractivity contribution < 1.29 is 5.11 Å². The van der Waals surface area contributed by atoms with Crippen molar-refractivity contribution in [2.75, 3.05) is 19.0 Å². The van der Waals surface area contributed by atoms with E-state index in [1.54, 1.807) is 18.2 Å². The molecule has 0 amide bonds. The van der Waals surface area contributed by atoms with Gasteiger partial charge in [-0.1, -0.05) is 11.6 Å². The third-order valence-corrected chi connectivity index (χ3v) is 4.00. The minimum atomic E-state index is 0.0880. The number of aromatic hydroxyl groups is 1. The number of benzene rings is 3. The standard InChI is InChI=1S/C20H18ClN5O/c1-26(2)17-9-7-16(8-10-17)23-22-14-3-5-15(6-4-14)24-25-20-12-11-18(27)13-19(20)21/h3-13,27H,1-2H3. The van der Waals surface area contributed by atoms with Gasteiger partial charge in [-0.25, -0.2) is 0 Å². The second kappa shape index (κ2) is 8.42. The summed E-state index contributed by atoms with van der Waals surface area (Å²) in [6, 6.07) is 19.6. The molecule has 0 saturated heterocycles. The van der Waals surface area contributed by atoms with E-state index < -0.39 is 0 Å². The topological polar surface area (TPSA) is 72.9 Å². The van der Waals surface area contributed by atoms with Gasteiger partial charge < -0.3 is 10.0 Å². The molecule has 0 aromatic heterocycles. The number of rotatable bonds is 5. The summed E-state index contributed by atoms with van der Waals surface area (Å²) in [4.78, 5) is 2.03. The average molecular weight is 380 g/mol. The first kappa shape index (κ1) is 18.5. The molecule has 3 aromatic rings. The Hall–Kier alpha value is -3.25. The van der Waals surface area contributed by atoms with Gasteiger partial charge in [0.2, 0.25) is 0 Å². The average Bonchev–Trinajstić information content (AvgIpc) is 2.67. The molecule has 0 aliphatic heterocycles. The van der Waals surface area contributed by atoms with Crippen molar-refractivity contribution >= 4 is 40.0 Å². The Kier molecular flexibility index (Phi) is 5.78. The Balaban J connectivity index is 1.67. The molecular formula is C20H18ClN5O. The molecular weight excluding hydrogens is 362 g/mol. The largest absolute Gasteiger partial charge is 0.508 e. The molecule has 3 rings (SSSR count). The van der Waals surface area contributed by atoms with E-state index in [-0.39, 0.29) is 5.75 Å². The number of hydrogen-bond donors (Lipinski definition) is 1. The SMILES string of the molecule is CN(C)c1ccc(N=Nc2ccc(N=Nc3ccc(O)cc3Cl)cc2)cc1. The number of azo groups is 2. The molecule has 0 unspecified atom stereocenters. The van der Waals surface area contributed by atoms with Crippen LogP contribution >= 0.6 is 11.6 Å². The van der Waals surface area contributed by atoms with Crippen LogP contribution in [0.15, 0.2) is 87.2 Å². The lowest BCUT2D eigenvalue weighted by Gasteiger charge is -2.11. The highest BCUT2D eigenvalue weighted by atomic mass is 35.5. The molecule has 3 aromatic carbocycles. The molecule has 1 N–H and O–H groups in total. The molecule has 0 aliphatic rings. The van der Waals surface area contributed by atoms with E-state index in [4.69, 9.17) is 11.6 Å². The normalized spacial score (nSPS) is 11.4. The zero-order valence-corrected chi connectivity index (χ0v) is 15.7. The van der Waals surface area contributed by atoms with Crippen LogP contribution in [-0.4, -0.2) is 19.2 Å². The van der Waals surface area contributed by atoms with Crippen molar-refractivity contribution in [2.24, 2.45) is 20.5 Å². The molecule has 0 fully saturated rings. The van der Waals surface area contributed by atoms with Crippen molar-refractivity contribution in [3.63, 3.8) is 0 Å². The maximum atomic E-state index is 9.35. The number of anilines is 1. The fraction of sp³-hybridized carbons (Fsp3) is 0.100. The zero-order chi connectivity index (χ0) is 19.2. The van der Waals surface area contributed by atoms with E-state index >= 15 is 0 Å². The van der Waals surface area contributed by atoms with Gasteiger partial charge in [0.1, 0.15) is 11.4 Å². The summed E-state index contributed by atoms with van der Waals surface area (Å²) in [7, 11) is 3.98. The molecule has 6 nitrogen and oxygen atoms in total. The van der Waals surface area contributed by atoms with Crippen LogP contribution in [0.4, 0.5) is 28.4 Å². The van der Waals surface area contributed by atoms with Gasteiger partial charge >= 0.3 is 0 Å². The molecule has 27 heavy (non-hydrogen) atoms. The van der Waals surface area contributed by atoms with Crippen molar-refractivity contribution in [1.82, 2.24) is 0 Å². The van der Waals surface area contributed by atoms with Crippen LogP contribution in [0, 0.1) is 0 Å². The fourth-order valence-corrected chi connectivity index (χ4v) is 2.42. The third-order valence-electron chi connectivity index (χ3n) is 3.70. The molecule has 0 spiro atoms. The van der Waals surface area contributed by atoms with Gasteiger partial charge in [-0.3, -0.25) is 0 Å². The highest BCUT2D eigenvalue weighted by Crippen LogP contribution is 2.30. The van der Waals surface area contributed by atoms with E-state index in [9.17, 15) is 5.11 Å². The Morgan fingerprint density at radius 3 is 1.67 bits per heavy atom. The highest BCUT2D eigenvalue weighted by Gasteiger charge is 2.00. The summed E-state index contributed by atoms with van der Waals surface area (Å²) < 4.78 is 0. The summed E-state index contributed by atoms with van der Waals surface area (Å²) in [5.74, 6) is 0.0880. The first-order valence-electron chi connectivity index (χ1n) is 8.21. The van der Waals surface area contributed by atoms with Crippen LogP contribution in [0.25, 0.3) is 0 Å². The number of phenolic OH excluding ortho intramolecular Hbond substituents is 1. The van der Waals surface area contributed by atoms with E-state index in [0.29, 0.717) is 22.1 Å². The molecule has 7 heteroatoms. The van der Waals surface area contributed by atoms with E-state index in [2.05, 4.69) is 20.5 Å². The van der Waals surface area contributed by atoms with Crippen molar-refractivity contribution in [3.8, 4) is 5.75 Å². The Morgan fingerprint density at radius 2 is 1.19 bits per heavy atom. The predicted molar refractivity (Wildman–Crippen MR) is 109 cm³/mol. The van der Waals surface area contributed by atoms with E-state index in [1.165, 1.54) is 12.1 Å². The fourth-order valence-electron chi connectivity index (χ4n) is 2.21. The first-order valence-corrected chi connectivity index (χ1v) is 8.58. The summed E-state index contributed by atoms with van der Waals surface area (Å²) in [6.45, 7) is 0. The van der Waals surface area contributed by atoms with Gasteiger partial charge in [0.25, 0.3) is 0 Å². The van der Waals surface area contributed by atoms with Gasteiger partial charge in [-0.15, -0.1) is 5.11 Å². The summed E-state index contributed by atoms with van der Waals surface area (Å²) in [5.41, 5.74) is 3.75.